The van der Waals surface area contributed by atoms with E-state index < -0.39 is 11.0 Å². The second-order valence-electron chi connectivity index (χ2n) is 2.89. The largest absolute Gasteiger partial charge is 0.343 e. The van der Waals surface area contributed by atoms with Crippen molar-refractivity contribution in [2.24, 2.45) is 4.99 Å². The van der Waals surface area contributed by atoms with Crippen LogP contribution in [0.1, 0.15) is 6.92 Å². The fourth-order valence-corrected chi connectivity index (χ4v) is 1.83. The van der Waals surface area contributed by atoms with E-state index in [1.165, 1.54) is 10.8 Å². The molecule has 0 aliphatic heterocycles. The van der Waals surface area contributed by atoms with Gasteiger partial charge in [-0.1, -0.05) is 5.92 Å². The summed E-state index contributed by atoms with van der Waals surface area (Å²) in [5.41, 5.74) is 0. The van der Waals surface area contributed by atoms with E-state index in [4.69, 9.17) is 6.42 Å². The molecule has 0 unspecified atom stereocenters. The van der Waals surface area contributed by atoms with E-state index >= 15 is 0 Å². The van der Waals surface area contributed by atoms with Gasteiger partial charge < -0.3 is 9.88 Å². The molecule has 0 spiro atoms. The predicted octanol–water partition coefficient (Wildman–Crippen LogP) is 0.721. The molecule has 1 aromatic heterocycles. The molecule has 1 heterocycles. The van der Waals surface area contributed by atoms with Gasteiger partial charge in [0.25, 0.3) is 0 Å². The fourth-order valence-electron chi connectivity index (χ4n) is 1.03. The Hall–Kier alpha value is -2.14. The van der Waals surface area contributed by atoms with Gasteiger partial charge in [0.1, 0.15) is 0 Å². The molecule has 2 amide bonds. The average molecular weight is 254 g/mol. The molecule has 0 bridgehead atoms. The lowest BCUT2D eigenvalue weighted by molar-refractivity contribution is -0.380. The number of hydrogen-bond acceptors (Lipinski definition) is 4. The first-order valence-corrected chi connectivity index (χ1v) is 5.50. The summed E-state index contributed by atoms with van der Waals surface area (Å²) in [6, 6.07) is -0.546. The topological polar surface area (TPSA) is 89.5 Å². The van der Waals surface area contributed by atoms with Crippen molar-refractivity contribution in [1.29, 1.82) is 0 Å². The summed E-state index contributed by atoms with van der Waals surface area (Å²) in [4.78, 5) is 25.2. The maximum absolute atomic E-state index is 11.2. The molecule has 0 aliphatic rings. The molecule has 90 valence electrons. The molecule has 7 nitrogen and oxygen atoms in total. The molecule has 0 aliphatic carbocycles. The molecule has 0 aromatic carbocycles. The Morgan fingerprint density at radius 2 is 2.53 bits per heavy atom. The second-order valence-corrected chi connectivity index (χ2v) is 3.88. The van der Waals surface area contributed by atoms with Crippen LogP contribution in [0.25, 0.3) is 0 Å². The van der Waals surface area contributed by atoms with Crippen LogP contribution in [0.5, 0.6) is 0 Å². The van der Waals surface area contributed by atoms with Crippen LogP contribution in [0.4, 0.5) is 9.80 Å². The van der Waals surface area contributed by atoms with Gasteiger partial charge in [0.2, 0.25) is 4.80 Å². The Kier molecular flexibility index (Phi) is 4.42. The van der Waals surface area contributed by atoms with Gasteiger partial charge in [-0.15, -0.1) is 6.42 Å². The molecule has 1 N–H and O–H groups in total. The number of carbonyl (C=O) groups is 1. The lowest BCUT2D eigenvalue weighted by Gasteiger charge is -1.95. The van der Waals surface area contributed by atoms with E-state index in [1.54, 1.807) is 6.92 Å². The first-order chi connectivity index (χ1) is 8.08. The van der Waals surface area contributed by atoms with Crippen molar-refractivity contribution >= 4 is 22.4 Å². The third-order valence-electron chi connectivity index (χ3n) is 1.67. The number of hydrogen-bond donors (Lipinski definition) is 1. The van der Waals surface area contributed by atoms with E-state index in [1.807, 2.05) is 0 Å². The van der Waals surface area contributed by atoms with Crippen molar-refractivity contribution in [3.8, 4) is 12.3 Å². The molecule has 1 rings (SSSR count). The van der Waals surface area contributed by atoms with Gasteiger partial charge in [-0.25, -0.2) is 4.79 Å². The molecular formula is C9H10N4O3S. The number of aromatic nitrogens is 1. The number of nitrogens with zero attached hydrogens (tertiary/aromatic N) is 3. The molecule has 0 saturated heterocycles. The zero-order chi connectivity index (χ0) is 12.8. The van der Waals surface area contributed by atoms with Crippen LogP contribution in [0.3, 0.4) is 0 Å². The minimum Gasteiger partial charge on any atom is -0.336 e. The number of carbonyl (C=O) groups excluding carboxylic acids is 1. The van der Waals surface area contributed by atoms with Gasteiger partial charge >= 0.3 is 11.0 Å². The maximum Gasteiger partial charge on any atom is 0.343 e. The van der Waals surface area contributed by atoms with Crippen molar-refractivity contribution in [1.82, 2.24) is 9.88 Å². The molecule has 8 heteroatoms. The molecule has 0 fully saturated rings. The summed E-state index contributed by atoms with van der Waals surface area (Å²) in [5.74, 6) is 2.34. The van der Waals surface area contributed by atoms with Gasteiger partial charge in [-0.3, -0.25) is 10.1 Å². The molecule has 1 aromatic rings. The Balaban J connectivity index is 3.17. The monoisotopic (exact) mass is 254 g/mol. The highest BCUT2D eigenvalue weighted by Gasteiger charge is 2.12. The highest BCUT2D eigenvalue weighted by molar-refractivity contribution is 7.12. The summed E-state index contributed by atoms with van der Waals surface area (Å²) in [5, 5.41) is 13.0. The minimum absolute atomic E-state index is 0.108. The van der Waals surface area contributed by atoms with E-state index in [2.05, 4.69) is 16.2 Å². The Morgan fingerprint density at radius 1 is 1.82 bits per heavy atom. The Labute approximate surface area is 101 Å². The number of thiazole rings is 1. The highest BCUT2D eigenvalue weighted by atomic mass is 32.1. The zero-order valence-electron chi connectivity index (χ0n) is 9.04. The van der Waals surface area contributed by atoms with Crippen LogP contribution in [-0.2, 0) is 6.54 Å². The SMILES string of the molecule is C#CCn1cc([N+](=O)[O-])s/c1=N\C(=O)NCC. The lowest BCUT2D eigenvalue weighted by atomic mass is 10.6. The van der Waals surface area contributed by atoms with Crippen molar-refractivity contribution < 1.29 is 9.72 Å². The van der Waals surface area contributed by atoms with Crippen LogP contribution in [0.15, 0.2) is 11.2 Å². The molecule has 0 atom stereocenters. The van der Waals surface area contributed by atoms with Crippen molar-refractivity contribution in [2.75, 3.05) is 6.54 Å². The summed E-state index contributed by atoms with van der Waals surface area (Å²) in [6.07, 6.45) is 6.39. The maximum atomic E-state index is 11.2. The Morgan fingerprint density at radius 3 is 3.06 bits per heavy atom. The lowest BCUT2D eigenvalue weighted by Crippen LogP contribution is -2.23. The van der Waals surface area contributed by atoms with Crippen LogP contribution in [-0.4, -0.2) is 22.1 Å². The van der Waals surface area contributed by atoms with E-state index in [0.717, 1.165) is 11.3 Å². The molecule has 0 radical (unpaired) electrons. The number of nitrogens with one attached hydrogen (secondary N) is 1. The van der Waals surface area contributed by atoms with E-state index in [0.29, 0.717) is 6.54 Å². The van der Waals surface area contributed by atoms with Gasteiger partial charge in [0, 0.05) is 6.54 Å². The number of nitro groups is 1. The van der Waals surface area contributed by atoms with Crippen LogP contribution in [0, 0.1) is 22.5 Å². The van der Waals surface area contributed by atoms with Gasteiger partial charge in [0.15, 0.2) is 0 Å². The highest BCUT2D eigenvalue weighted by Crippen LogP contribution is 2.13. The molecule has 17 heavy (non-hydrogen) atoms. The first-order valence-electron chi connectivity index (χ1n) is 4.69. The standard InChI is InChI=1S/C9H10N4O3S/c1-3-5-12-6-7(13(15)16)17-9(12)11-8(14)10-4-2/h1,6H,4-5H2,2H3,(H,10,14)/b11-9-. The molecular weight excluding hydrogens is 244 g/mol. The zero-order valence-corrected chi connectivity index (χ0v) is 9.86. The average Bonchev–Trinajstić information content (AvgIpc) is 2.63. The minimum atomic E-state index is -0.547. The van der Waals surface area contributed by atoms with Crippen molar-refractivity contribution in [3.63, 3.8) is 0 Å². The van der Waals surface area contributed by atoms with Gasteiger partial charge in [-0.2, -0.15) is 4.99 Å². The van der Waals surface area contributed by atoms with Crippen LogP contribution in [0.2, 0.25) is 0 Å². The summed E-state index contributed by atoms with van der Waals surface area (Å²) < 4.78 is 1.39. The van der Waals surface area contributed by atoms with Crippen LogP contribution >= 0.6 is 11.3 Å². The van der Waals surface area contributed by atoms with E-state index in [-0.39, 0.29) is 16.3 Å². The van der Waals surface area contributed by atoms with E-state index in [9.17, 15) is 14.9 Å². The van der Waals surface area contributed by atoms with Crippen molar-refractivity contribution in [3.05, 3.63) is 21.1 Å². The van der Waals surface area contributed by atoms with Crippen LogP contribution < -0.4 is 10.1 Å². The number of rotatable bonds is 3. The third kappa shape index (κ3) is 3.42. The smallest absolute Gasteiger partial charge is 0.336 e. The number of amides is 2. The predicted molar refractivity (Wildman–Crippen MR) is 62.4 cm³/mol. The normalized spacial score (nSPS) is 10.9. The Bertz CT molecular complexity index is 537. The first kappa shape index (κ1) is 12.9. The van der Waals surface area contributed by atoms with Gasteiger partial charge in [0.05, 0.1) is 17.7 Å². The summed E-state index contributed by atoms with van der Waals surface area (Å²) >= 11 is 0.803. The number of urea groups is 1. The second kappa shape index (κ2) is 5.81. The molecule has 0 saturated carbocycles. The summed E-state index contributed by atoms with van der Waals surface area (Å²) in [6.45, 7) is 2.31. The summed E-state index contributed by atoms with van der Waals surface area (Å²) in [7, 11) is 0. The third-order valence-corrected chi connectivity index (χ3v) is 2.65. The number of terminal acetylenes is 1. The van der Waals surface area contributed by atoms with Crippen molar-refractivity contribution in [2.45, 2.75) is 13.5 Å². The quantitative estimate of drug-likeness (QED) is 0.489. The fraction of sp³-hybridized carbons (Fsp3) is 0.333. The van der Waals surface area contributed by atoms with Gasteiger partial charge in [-0.05, 0) is 18.3 Å².